The van der Waals surface area contributed by atoms with Gasteiger partial charge in [0.25, 0.3) is 5.91 Å². The maximum absolute atomic E-state index is 13.5. The number of nitrogens with zero attached hydrogens (tertiary/aromatic N) is 1. The van der Waals surface area contributed by atoms with E-state index in [1.165, 1.54) is 20.2 Å². The fraction of sp³-hybridized carbons (Fsp3) is 0.235. The van der Waals surface area contributed by atoms with Crippen molar-refractivity contribution in [2.75, 3.05) is 26.0 Å². The number of rotatable bonds is 6. The van der Waals surface area contributed by atoms with Gasteiger partial charge in [-0.2, -0.15) is 0 Å². The van der Waals surface area contributed by atoms with Crippen LogP contribution in [-0.2, 0) is 14.8 Å². The van der Waals surface area contributed by atoms with Gasteiger partial charge in [0.15, 0.2) is 18.2 Å². The van der Waals surface area contributed by atoms with Crippen molar-refractivity contribution in [2.45, 2.75) is 11.8 Å². The lowest BCUT2D eigenvalue weighted by atomic mass is 10.2. The van der Waals surface area contributed by atoms with Gasteiger partial charge in [-0.25, -0.2) is 21.5 Å². The molecular formula is C17H18F2N2O4S. The molecule has 0 aromatic heterocycles. The van der Waals surface area contributed by atoms with Crippen LogP contribution < -0.4 is 10.1 Å². The van der Waals surface area contributed by atoms with Crippen molar-refractivity contribution < 1.29 is 26.7 Å². The number of anilines is 1. The lowest BCUT2D eigenvalue weighted by molar-refractivity contribution is -0.118. The Morgan fingerprint density at radius 2 is 1.85 bits per heavy atom. The van der Waals surface area contributed by atoms with E-state index in [0.29, 0.717) is 11.6 Å². The summed E-state index contributed by atoms with van der Waals surface area (Å²) in [5, 5.41) is 2.48. The third kappa shape index (κ3) is 4.55. The zero-order chi connectivity index (χ0) is 19.5. The van der Waals surface area contributed by atoms with Crippen molar-refractivity contribution >= 4 is 21.6 Å². The summed E-state index contributed by atoms with van der Waals surface area (Å²) < 4.78 is 56.9. The number of halogens is 2. The van der Waals surface area contributed by atoms with Crippen LogP contribution in [0.4, 0.5) is 14.5 Å². The number of amides is 1. The van der Waals surface area contributed by atoms with Gasteiger partial charge in [0.2, 0.25) is 10.0 Å². The number of sulfonamides is 1. The molecule has 0 aliphatic heterocycles. The molecule has 0 saturated heterocycles. The first-order valence-electron chi connectivity index (χ1n) is 7.52. The van der Waals surface area contributed by atoms with Crippen molar-refractivity contribution in [3.63, 3.8) is 0 Å². The predicted molar refractivity (Wildman–Crippen MR) is 92.5 cm³/mol. The molecule has 0 fully saturated rings. The van der Waals surface area contributed by atoms with E-state index in [2.05, 4.69) is 5.32 Å². The minimum atomic E-state index is -3.67. The number of nitrogens with one attached hydrogen (secondary N) is 1. The molecule has 26 heavy (non-hydrogen) atoms. The lowest BCUT2D eigenvalue weighted by Gasteiger charge is -2.15. The lowest BCUT2D eigenvalue weighted by Crippen LogP contribution is -2.24. The second-order valence-electron chi connectivity index (χ2n) is 5.68. The monoisotopic (exact) mass is 384 g/mol. The number of carbonyl (C=O) groups excluding carboxylic acids is 1. The maximum Gasteiger partial charge on any atom is 0.262 e. The first-order valence-corrected chi connectivity index (χ1v) is 8.96. The summed E-state index contributed by atoms with van der Waals surface area (Å²) in [6.07, 6.45) is 0. The Balaban J connectivity index is 2.10. The van der Waals surface area contributed by atoms with Gasteiger partial charge in [-0.3, -0.25) is 4.79 Å². The summed E-state index contributed by atoms with van der Waals surface area (Å²) in [6, 6.07) is 7.17. The highest BCUT2D eigenvalue weighted by molar-refractivity contribution is 7.89. The van der Waals surface area contributed by atoms with Crippen molar-refractivity contribution in [2.24, 2.45) is 0 Å². The van der Waals surface area contributed by atoms with Crippen molar-refractivity contribution in [3.8, 4) is 5.75 Å². The van der Waals surface area contributed by atoms with Crippen LogP contribution in [0, 0.1) is 18.6 Å². The topological polar surface area (TPSA) is 75.7 Å². The van der Waals surface area contributed by atoms with E-state index in [4.69, 9.17) is 4.74 Å². The van der Waals surface area contributed by atoms with Gasteiger partial charge in [0.05, 0.1) is 4.90 Å². The Bertz CT molecular complexity index is 930. The molecule has 1 amide bonds. The minimum absolute atomic E-state index is 0.0609. The molecule has 1 N–H and O–H groups in total. The molecule has 2 aromatic rings. The van der Waals surface area contributed by atoms with Crippen LogP contribution in [0.1, 0.15) is 5.56 Å². The van der Waals surface area contributed by atoms with E-state index in [1.54, 1.807) is 19.1 Å². The van der Waals surface area contributed by atoms with E-state index in [9.17, 15) is 22.0 Å². The first-order chi connectivity index (χ1) is 12.1. The summed E-state index contributed by atoms with van der Waals surface area (Å²) in [5.74, 6) is -2.56. The fourth-order valence-electron chi connectivity index (χ4n) is 2.09. The van der Waals surface area contributed by atoms with Gasteiger partial charge in [0, 0.05) is 25.8 Å². The van der Waals surface area contributed by atoms with Crippen molar-refractivity contribution in [3.05, 3.63) is 53.6 Å². The molecule has 0 radical (unpaired) electrons. The third-order valence-electron chi connectivity index (χ3n) is 3.48. The zero-order valence-corrected chi connectivity index (χ0v) is 15.2. The summed E-state index contributed by atoms with van der Waals surface area (Å²) in [6.45, 7) is 1.12. The van der Waals surface area contributed by atoms with E-state index in [0.717, 1.165) is 16.4 Å². The van der Waals surface area contributed by atoms with Crippen LogP contribution in [0.15, 0.2) is 41.3 Å². The summed E-state index contributed by atoms with van der Waals surface area (Å²) >= 11 is 0. The molecule has 0 bridgehead atoms. The Hall–Kier alpha value is -2.52. The van der Waals surface area contributed by atoms with Crippen LogP contribution >= 0.6 is 0 Å². The number of aryl methyl sites for hydroxylation is 1. The smallest absolute Gasteiger partial charge is 0.262 e. The predicted octanol–water partition coefficient (Wildman–Crippen LogP) is 2.54. The normalized spacial score (nSPS) is 11.5. The van der Waals surface area contributed by atoms with Crippen LogP contribution in [-0.4, -0.2) is 39.3 Å². The molecular weight excluding hydrogens is 366 g/mol. The van der Waals surface area contributed by atoms with E-state index < -0.39 is 34.2 Å². The highest BCUT2D eigenvalue weighted by atomic mass is 32.2. The van der Waals surface area contributed by atoms with E-state index in [1.807, 2.05) is 0 Å². The van der Waals surface area contributed by atoms with Crippen LogP contribution in [0.5, 0.6) is 5.75 Å². The second-order valence-corrected chi connectivity index (χ2v) is 7.80. The first kappa shape index (κ1) is 19.8. The average molecular weight is 384 g/mol. The Labute approximate surface area is 150 Å². The quantitative estimate of drug-likeness (QED) is 0.831. The van der Waals surface area contributed by atoms with Gasteiger partial charge < -0.3 is 10.1 Å². The van der Waals surface area contributed by atoms with Crippen LogP contribution in [0.2, 0.25) is 0 Å². The standard InChI is InChI=1S/C17H18F2N2O4S/c1-11-4-6-13(9-16(11)26(23,24)21(2)3)20-17(22)10-25-15-7-5-12(18)8-14(15)19/h4-9H,10H2,1-3H3,(H,20,22). The van der Waals surface area contributed by atoms with Gasteiger partial charge in [-0.1, -0.05) is 6.07 Å². The summed E-state index contributed by atoms with van der Waals surface area (Å²) in [4.78, 5) is 12.0. The Morgan fingerprint density at radius 3 is 2.46 bits per heavy atom. The van der Waals surface area contributed by atoms with E-state index in [-0.39, 0.29) is 16.3 Å². The Morgan fingerprint density at radius 1 is 1.15 bits per heavy atom. The molecule has 0 atom stereocenters. The van der Waals surface area contributed by atoms with Crippen molar-refractivity contribution in [1.29, 1.82) is 0 Å². The van der Waals surface area contributed by atoms with E-state index >= 15 is 0 Å². The molecule has 6 nitrogen and oxygen atoms in total. The summed E-state index contributed by atoms with van der Waals surface area (Å²) in [7, 11) is -0.849. The van der Waals surface area contributed by atoms with Gasteiger partial charge in [0.1, 0.15) is 5.82 Å². The molecule has 9 heteroatoms. The number of ether oxygens (including phenoxy) is 1. The van der Waals surface area contributed by atoms with Gasteiger partial charge in [-0.05, 0) is 36.8 Å². The molecule has 0 spiro atoms. The molecule has 0 saturated carbocycles. The summed E-state index contributed by atoms with van der Waals surface area (Å²) in [5.41, 5.74) is 0.783. The molecule has 0 aliphatic carbocycles. The minimum Gasteiger partial charge on any atom is -0.481 e. The molecule has 2 rings (SSSR count). The fourth-order valence-corrected chi connectivity index (χ4v) is 3.23. The van der Waals surface area contributed by atoms with Gasteiger partial charge >= 0.3 is 0 Å². The zero-order valence-electron chi connectivity index (χ0n) is 14.4. The molecule has 0 aliphatic rings. The third-order valence-corrected chi connectivity index (χ3v) is 5.44. The highest BCUT2D eigenvalue weighted by Gasteiger charge is 2.20. The number of hydrogen-bond donors (Lipinski definition) is 1. The van der Waals surface area contributed by atoms with Crippen LogP contribution in [0.25, 0.3) is 0 Å². The Kier molecular flexibility index (Phi) is 5.94. The number of hydrogen-bond acceptors (Lipinski definition) is 4. The van der Waals surface area contributed by atoms with Gasteiger partial charge in [-0.15, -0.1) is 0 Å². The van der Waals surface area contributed by atoms with Crippen LogP contribution in [0.3, 0.4) is 0 Å². The molecule has 2 aromatic carbocycles. The largest absolute Gasteiger partial charge is 0.481 e. The highest BCUT2D eigenvalue weighted by Crippen LogP contribution is 2.22. The number of carbonyl (C=O) groups is 1. The maximum atomic E-state index is 13.5. The second kappa shape index (κ2) is 7.79. The molecule has 0 unspecified atom stereocenters. The van der Waals surface area contributed by atoms with Crippen molar-refractivity contribution in [1.82, 2.24) is 4.31 Å². The molecule has 0 heterocycles. The SMILES string of the molecule is Cc1ccc(NC(=O)COc2ccc(F)cc2F)cc1S(=O)(=O)N(C)C. The molecule has 140 valence electrons. The average Bonchev–Trinajstić information content (AvgIpc) is 2.55. The number of benzene rings is 2.